The highest BCUT2D eigenvalue weighted by Gasteiger charge is 2.20. The summed E-state index contributed by atoms with van der Waals surface area (Å²) in [5, 5.41) is 30.1. The van der Waals surface area contributed by atoms with E-state index in [1.54, 1.807) is 25.1 Å². The number of nitrogens with zero attached hydrogens (tertiary/aromatic N) is 3. The fourth-order valence-electron chi connectivity index (χ4n) is 2.15. The first-order valence-electron chi connectivity index (χ1n) is 8.86. The van der Waals surface area contributed by atoms with Gasteiger partial charge in [0.1, 0.15) is 37.1 Å². The van der Waals surface area contributed by atoms with E-state index < -0.39 is 11.5 Å². The summed E-state index contributed by atoms with van der Waals surface area (Å²) in [6.07, 6.45) is 0. The number of rotatable bonds is 12. The van der Waals surface area contributed by atoms with Crippen LogP contribution in [0.25, 0.3) is 0 Å². The average Bonchev–Trinajstić information content (AvgIpc) is 2.75. The fourth-order valence-corrected chi connectivity index (χ4v) is 2.15. The highest BCUT2D eigenvalue weighted by atomic mass is 16.6. The van der Waals surface area contributed by atoms with Gasteiger partial charge in [-0.05, 0) is 6.92 Å². The van der Waals surface area contributed by atoms with Gasteiger partial charge in [0, 0.05) is 26.4 Å². The van der Waals surface area contributed by atoms with Crippen LogP contribution in [0.3, 0.4) is 0 Å². The first kappa shape index (κ1) is 24.3. The van der Waals surface area contributed by atoms with Crippen molar-refractivity contribution in [3.05, 3.63) is 29.0 Å². The minimum Gasteiger partial charge on any atom is -0.487 e. The molecule has 0 saturated carbocycles. The van der Waals surface area contributed by atoms with Gasteiger partial charge in [-0.2, -0.15) is 15.8 Å². The largest absolute Gasteiger partial charge is 0.487 e. The number of methoxy groups -OCH3 is 2. The molecule has 1 aromatic rings. The second-order valence-electron chi connectivity index (χ2n) is 5.46. The second kappa shape index (κ2) is 13.4. The number of ether oxygens (including phenoxy) is 5. The lowest BCUT2D eigenvalue weighted by molar-refractivity contribution is 0.0526. The predicted octanol–water partition coefficient (Wildman–Crippen LogP) is 2.15. The first-order chi connectivity index (χ1) is 14.6. The van der Waals surface area contributed by atoms with Gasteiger partial charge in [0.25, 0.3) is 0 Å². The van der Waals surface area contributed by atoms with E-state index in [2.05, 4.69) is 5.32 Å². The van der Waals surface area contributed by atoms with Crippen LogP contribution in [0, 0.1) is 34.0 Å². The number of hydrogen-bond donors (Lipinski definition) is 1. The molecule has 0 spiro atoms. The lowest BCUT2D eigenvalue weighted by Crippen LogP contribution is -2.13. The maximum Gasteiger partial charge on any atom is 0.340 e. The maximum absolute atomic E-state index is 12.5. The van der Waals surface area contributed by atoms with Crippen LogP contribution < -0.4 is 14.8 Å². The fraction of sp³-hybridized carbons (Fsp3) is 0.400. The third-order valence-corrected chi connectivity index (χ3v) is 3.51. The summed E-state index contributed by atoms with van der Waals surface area (Å²) in [6, 6.07) is 7.82. The molecule has 158 valence electrons. The number of carbonyl (C=O) groups excluding carboxylic acids is 1. The van der Waals surface area contributed by atoms with E-state index in [4.69, 9.17) is 34.2 Å². The Morgan fingerprint density at radius 3 is 1.97 bits per heavy atom. The van der Waals surface area contributed by atoms with Crippen LogP contribution in [0.15, 0.2) is 23.4 Å². The Bertz CT molecular complexity index is 876. The minimum absolute atomic E-state index is 0.0336. The molecule has 0 saturated heterocycles. The van der Waals surface area contributed by atoms with Gasteiger partial charge in [-0.1, -0.05) is 0 Å². The Hall–Kier alpha value is -3.78. The molecule has 0 amide bonds. The Balaban J connectivity index is 3.50. The molecule has 0 radical (unpaired) electrons. The lowest BCUT2D eigenvalue weighted by atomic mass is 10.1. The van der Waals surface area contributed by atoms with Crippen molar-refractivity contribution in [1.82, 2.24) is 0 Å². The van der Waals surface area contributed by atoms with E-state index in [1.807, 2.05) is 0 Å². The Morgan fingerprint density at radius 1 is 0.933 bits per heavy atom. The van der Waals surface area contributed by atoms with E-state index in [0.717, 1.165) is 0 Å². The van der Waals surface area contributed by atoms with E-state index in [-0.39, 0.29) is 48.3 Å². The summed E-state index contributed by atoms with van der Waals surface area (Å²) in [5.74, 6) is -0.181. The SMILES string of the molecule is CCOC(=O)c1cc(OCCOC)c(OCCOC)cc1NC(C#N)=C(C#N)C#N. The van der Waals surface area contributed by atoms with Crippen molar-refractivity contribution in [3.63, 3.8) is 0 Å². The van der Waals surface area contributed by atoms with Crippen molar-refractivity contribution in [2.75, 3.05) is 52.6 Å². The number of nitriles is 3. The quantitative estimate of drug-likeness (QED) is 0.306. The molecule has 0 aliphatic carbocycles. The van der Waals surface area contributed by atoms with Gasteiger partial charge in [0.05, 0.1) is 31.1 Å². The third kappa shape index (κ3) is 6.99. The molecule has 0 aliphatic heterocycles. The number of anilines is 1. The number of allylic oxidation sites excluding steroid dienone is 2. The van der Waals surface area contributed by atoms with Crippen LogP contribution >= 0.6 is 0 Å². The highest BCUT2D eigenvalue weighted by Crippen LogP contribution is 2.35. The minimum atomic E-state index is -0.687. The second-order valence-corrected chi connectivity index (χ2v) is 5.46. The monoisotopic (exact) mass is 414 g/mol. The number of nitrogens with one attached hydrogen (secondary N) is 1. The molecule has 1 N–H and O–H groups in total. The van der Waals surface area contributed by atoms with Crippen LogP contribution in [0.4, 0.5) is 5.69 Å². The van der Waals surface area contributed by atoms with Gasteiger partial charge in [0.15, 0.2) is 17.1 Å². The Morgan fingerprint density at radius 2 is 1.50 bits per heavy atom. The molecule has 30 heavy (non-hydrogen) atoms. The van der Waals surface area contributed by atoms with Gasteiger partial charge >= 0.3 is 5.97 Å². The predicted molar refractivity (Wildman–Crippen MR) is 105 cm³/mol. The van der Waals surface area contributed by atoms with Crippen molar-refractivity contribution in [3.8, 4) is 29.7 Å². The van der Waals surface area contributed by atoms with E-state index in [9.17, 15) is 10.1 Å². The van der Waals surface area contributed by atoms with Crippen LogP contribution in [0.5, 0.6) is 11.5 Å². The molecule has 0 atom stereocenters. The molecule has 0 fully saturated rings. The van der Waals surface area contributed by atoms with Crippen molar-refractivity contribution < 1.29 is 28.5 Å². The smallest absolute Gasteiger partial charge is 0.340 e. The van der Waals surface area contributed by atoms with Crippen molar-refractivity contribution in [1.29, 1.82) is 15.8 Å². The molecule has 10 heteroatoms. The van der Waals surface area contributed by atoms with Crippen LogP contribution in [-0.2, 0) is 14.2 Å². The van der Waals surface area contributed by atoms with Crippen LogP contribution in [0.2, 0.25) is 0 Å². The number of benzene rings is 1. The molecule has 1 rings (SSSR count). The molecule has 1 aromatic carbocycles. The van der Waals surface area contributed by atoms with Crippen molar-refractivity contribution in [2.24, 2.45) is 0 Å². The zero-order chi connectivity index (χ0) is 22.4. The zero-order valence-electron chi connectivity index (χ0n) is 17.0. The summed E-state index contributed by atoms with van der Waals surface area (Å²) in [5.41, 5.74) is -0.609. The van der Waals surface area contributed by atoms with E-state index in [1.165, 1.54) is 26.4 Å². The summed E-state index contributed by atoms with van der Waals surface area (Å²) in [6.45, 7) is 2.76. The standard InChI is InChI=1S/C20H22N4O6/c1-4-28-20(25)15-9-18(29-7-5-26-2)19(30-8-6-27-3)10-16(15)24-17(13-23)14(11-21)12-22/h9-10,24H,4-8H2,1-3H3. The molecule has 10 nitrogen and oxygen atoms in total. The first-order valence-corrected chi connectivity index (χ1v) is 8.86. The number of esters is 1. The summed E-state index contributed by atoms with van der Waals surface area (Å²) in [7, 11) is 3.04. The molecule has 0 bridgehead atoms. The average molecular weight is 414 g/mol. The molecular formula is C20H22N4O6. The Labute approximate surface area is 174 Å². The Kier molecular flexibility index (Phi) is 10.8. The molecular weight excluding hydrogens is 392 g/mol. The highest BCUT2D eigenvalue weighted by molar-refractivity contribution is 5.97. The lowest BCUT2D eigenvalue weighted by Gasteiger charge is -2.17. The maximum atomic E-state index is 12.5. The van der Waals surface area contributed by atoms with Crippen molar-refractivity contribution in [2.45, 2.75) is 6.92 Å². The third-order valence-electron chi connectivity index (χ3n) is 3.51. The zero-order valence-corrected chi connectivity index (χ0v) is 17.0. The molecule has 0 heterocycles. The summed E-state index contributed by atoms with van der Waals surface area (Å²) < 4.78 is 26.3. The van der Waals surface area contributed by atoms with Crippen molar-refractivity contribution >= 4 is 11.7 Å². The summed E-state index contributed by atoms with van der Waals surface area (Å²) >= 11 is 0. The molecule has 0 aromatic heterocycles. The van der Waals surface area contributed by atoms with Gasteiger partial charge in [-0.25, -0.2) is 4.79 Å². The number of carbonyl (C=O) groups is 1. The summed E-state index contributed by atoms with van der Waals surface area (Å²) in [4.78, 5) is 12.5. The van der Waals surface area contributed by atoms with Gasteiger partial charge in [-0.15, -0.1) is 0 Å². The van der Waals surface area contributed by atoms with Gasteiger partial charge in [0.2, 0.25) is 0 Å². The van der Waals surface area contributed by atoms with E-state index in [0.29, 0.717) is 13.2 Å². The van der Waals surface area contributed by atoms with Gasteiger partial charge < -0.3 is 29.0 Å². The van der Waals surface area contributed by atoms with E-state index >= 15 is 0 Å². The van der Waals surface area contributed by atoms with Crippen LogP contribution in [-0.4, -0.2) is 53.2 Å². The molecule has 0 aliphatic rings. The molecule has 0 unspecified atom stereocenters. The van der Waals surface area contributed by atoms with Gasteiger partial charge in [-0.3, -0.25) is 0 Å². The number of hydrogen-bond acceptors (Lipinski definition) is 10. The normalized spacial score (nSPS) is 9.47. The topological polar surface area (TPSA) is 147 Å². The van der Waals surface area contributed by atoms with Crippen LogP contribution in [0.1, 0.15) is 17.3 Å².